The minimum atomic E-state index is -0.462. The molecule has 23 heavy (non-hydrogen) atoms. The van der Waals surface area contributed by atoms with Crippen LogP contribution in [0.15, 0.2) is 41.0 Å². The van der Waals surface area contributed by atoms with Crippen molar-refractivity contribution in [3.8, 4) is 0 Å². The van der Waals surface area contributed by atoms with Crippen LogP contribution in [0.25, 0.3) is 0 Å². The van der Waals surface area contributed by atoms with Gasteiger partial charge in [0.05, 0.1) is 17.2 Å². The Balaban J connectivity index is 2.07. The first-order chi connectivity index (χ1) is 10.9. The minimum absolute atomic E-state index is 0.00306. The van der Waals surface area contributed by atoms with E-state index in [9.17, 15) is 14.9 Å². The second-order valence-electron chi connectivity index (χ2n) is 5.46. The second-order valence-corrected chi connectivity index (χ2v) is 5.46. The summed E-state index contributed by atoms with van der Waals surface area (Å²) >= 11 is 0. The van der Waals surface area contributed by atoms with E-state index in [4.69, 9.17) is 4.42 Å². The molecule has 1 aromatic carbocycles. The lowest BCUT2D eigenvalue weighted by atomic mass is 10.1. The average molecular weight is 317 g/mol. The van der Waals surface area contributed by atoms with Crippen LogP contribution in [0.5, 0.6) is 0 Å². The summed E-state index contributed by atoms with van der Waals surface area (Å²) in [5, 5.41) is 13.6. The number of hydrogen-bond acceptors (Lipinski definition) is 5. The van der Waals surface area contributed by atoms with Crippen LogP contribution in [-0.4, -0.2) is 36.4 Å². The number of carbonyl (C=O) groups excluding carboxylic acids is 1. The maximum atomic E-state index is 12.2. The second kappa shape index (κ2) is 7.06. The molecule has 0 bridgehead atoms. The van der Waals surface area contributed by atoms with E-state index in [1.165, 1.54) is 18.2 Å². The number of likely N-dealkylation sites (N-methyl/N-ethyl adjacent to an activating group) is 1. The van der Waals surface area contributed by atoms with Crippen molar-refractivity contribution in [2.24, 2.45) is 0 Å². The van der Waals surface area contributed by atoms with Gasteiger partial charge in [0, 0.05) is 23.7 Å². The van der Waals surface area contributed by atoms with Crippen molar-refractivity contribution in [2.75, 3.05) is 20.6 Å². The van der Waals surface area contributed by atoms with E-state index in [1.54, 1.807) is 19.3 Å². The van der Waals surface area contributed by atoms with Gasteiger partial charge in [-0.05, 0) is 45.3 Å². The summed E-state index contributed by atoms with van der Waals surface area (Å²) in [5.41, 5.74) is 0.853. The van der Waals surface area contributed by atoms with Crippen molar-refractivity contribution in [3.63, 3.8) is 0 Å². The van der Waals surface area contributed by atoms with E-state index >= 15 is 0 Å². The number of furan rings is 1. The van der Waals surface area contributed by atoms with Gasteiger partial charge in [-0.3, -0.25) is 19.8 Å². The molecule has 1 N–H and O–H groups in total. The van der Waals surface area contributed by atoms with E-state index in [2.05, 4.69) is 5.32 Å². The molecule has 2 rings (SSSR count). The minimum Gasteiger partial charge on any atom is -0.468 e. The molecule has 0 fully saturated rings. The quantitative estimate of drug-likeness (QED) is 0.653. The molecule has 0 unspecified atom stereocenters. The largest absolute Gasteiger partial charge is 0.468 e. The Morgan fingerprint density at radius 1 is 1.39 bits per heavy atom. The van der Waals surface area contributed by atoms with Crippen LogP contribution >= 0.6 is 0 Å². The van der Waals surface area contributed by atoms with Crippen molar-refractivity contribution in [3.05, 3.63) is 63.6 Å². The maximum Gasteiger partial charge on any atom is 0.272 e. The summed E-state index contributed by atoms with van der Waals surface area (Å²) < 4.78 is 5.39. The maximum absolute atomic E-state index is 12.2. The third-order valence-electron chi connectivity index (χ3n) is 3.61. The first kappa shape index (κ1) is 16.7. The lowest BCUT2D eigenvalue weighted by Crippen LogP contribution is -2.34. The Morgan fingerprint density at radius 2 is 2.13 bits per heavy atom. The van der Waals surface area contributed by atoms with E-state index in [1.807, 2.05) is 25.1 Å². The fourth-order valence-electron chi connectivity index (χ4n) is 2.31. The normalized spacial score (nSPS) is 12.2. The highest BCUT2D eigenvalue weighted by Crippen LogP contribution is 2.20. The molecular formula is C16H19N3O4. The van der Waals surface area contributed by atoms with Crippen molar-refractivity contribution in [1.82, 2.24) is 10.2 Å². The number of benzene rings is 1. The number of aryl methyl sites for hydroxylation is 1. The Kier molecular flexibility index (Phi) is 5.13. The van der Waals surface area contributed by atoms with Gasteiger partial charge in [0.25, 0.3) is 11.6 Å². The molecule has 0 saturated heterocycles. The van der Waals surface area contributed by atoms with Crippen LogP contribution < -0.4 is 5.32 Å². The van der Waals surface area contributed by atoms with Crippen LogP contribution in [0.2, 0.25) is 0 Å². The molecule has 0 saturated carbocycles. The van der Waals surface area contributed by atoms with E-state index in [0.29, 0.717) is 17.7 Å². The highest BCUT2D eigenvalue weighted by molar-refractivity contribution is 5.94. The molecule has 0 spiro atoms. The van der Waals surface area contributed by atoms with Gasteiger partial charge < -0.3 is 9.73 Å². The van der Waals surface area contributed by atoms with Crippen LogP contribution in [0.1, 0.15) is 27.7 Å². The predicted octanol–water partition coefficient (Wildman–Crippen LogP) is 2.53. The van der Waals surface area contributed by atoms with Crippen molar-refractivity contribution >= 4 is 11.6 Å². The molecule has 0 aliphatic carbocycles. The summed E-state index contributed by atoms with van der Waals surface area (Å²) in [6.45, 7) is 1.98. The van der Waals surface area contributed by atoms with Crippen LogP contribution in [0, 0.1) is 17.0 Å². The summed E-state index contributed by atoms with van der Waals surface area (Å²) in [7, 11) is 3.80. The van der Waals surface area contributed by atoms with Gasteiger partial charge in [0.15, 0.2) is 0 Å². The Morgan fingerprint density at radius 3 is 2.65 bits per heavy atom. The third kappa shape index (κ3) is 3.95. The van der Waals surface area contributed by atoms with Crippen molar-refractivity contribution in [2.45, 2.75) is 13.0 Å². The number of nitrogens with zero attached hydrogens (tertiary/aromatic N) is 2. The molecule has 1 heterocycles. The molecule has 0 aliphatic heterocycles. The number of rotatable bonds is 6. The van der Waals surface area contributed by atoms with E-state index in [0.717, 1.165) is 5.76 Å². The smallest absolute Gasteiger partial charge is 0.272 e. The van der Waals surface area contributed by atoms with Gasteiger partial charge in [-0.15, -0.1) is 0 Å². The highest BCUT2D eigenvalue weighted by atomic mass is 16.6. The fourth-order valence-corrected chi connectivity index (χ4v) is 2.31. The van der Waals surface area contributed by atoms with Crippen LogP contribution in [0.4, 0.5) is 5.69 Å². The van der Waals surface area contributed by atoms with Gasteiger partial charge in [-0.2, -0.15) is 0 Å². The van der Waals surface area contributed by atoms with Crippen molar-refractivity contribution < 1.29 is 14.1 Å². The predicted molar refractivity (Wildman–Crippen MR) is 85.3 cm³/mol. The molecule has 1 atom stereocenters. The summed E-state index contributed by atoms with van der Waals surface area (Å²) in [6.07, 6.45) is 1.59. The van der Waals surface area contributed by atoms with Gasteiger partial charge in [0.2, 0.25) is 0 Å². The summed E-state index contributed by atoms with van der Waals surface area (Å²) in [4.78, 5) is 24.5. The Bertz CT molecular complexity index is 695. The first-order valence-electron chi connectivity index (χ1n) is 7.13. The number of hydrogen-bond donors (Lipinski definition) is 1. The molecule has 0 radical (unpaired) electrons. The third-order valence-corrected chi connectivity index (χ3v) is 3.61. The molecule has 1 amide bonds. The number of amides is 1. The van der Waals surface area contributed by atoms with Gasteiger partial charge >= 0.3 is 0 Å². The fraction of sp³-hybridized carbons (Fsp3) is 0.312. The number of nitro benzene ring substituents is 1. The molecule has 1 aromatic heterocycles. The van der Waals surface area contributed by atoms with E-state index < -0.39 is 4.92 Å². The number of nitro groups is 1. The zero-order chi connectivity index (χ0) is 17.0. The summed E-state index contributed by atoms with van der Waals surface area (Å²) in [5.74, 6) is 0.483. The molecule has 7 nitrogen and oxygen atoms in total. The van der Waals surface area contributed by atoms with E-state index in [-0.39, 0.29) is 17.6 Å². The molecular weight excluding hydrogens is 298 g/mol. The highest BCUT2D eigenvalue weighted by Gasteiger charge is 2.19. The van der Waals surface area contributed by atoms with Crippen LogP contribution in [0.3, 0.4) is 0 Å². The lowest BCUT2D eigenvalue weighted by Gasteiger charge is -2.22. The lowest BCUT2D eigenvalue weighted by molar-refractivity contribution is -0.385. The standard InChI is InChI=1S/C16H19N3O4/c1-11-9-12(6-7-13(11)19(21)22)16(20)17-10-14(18(2)3)15-5-4-8-23-15/h4-9,14H,10H2,1-3H3,(H,17,20)/t14-/m1/s1. The first-order valence-corrected chi connectivity index (χ1v) is 7.13. The molecule has 122 valence electrons. The SMILES string of the molecule is Cc1cc(C(=O)NC[C@H](c2ccco2)N(C)C)ccc1[N+](=O)[O-]. The number of nitrogens with one attached hydrogen (secondary N) is 1. The Hall–Kier alpha value is -2.67. The molecule has 2 aromatic rings. The van der Waals surface area contributed by atoms with Crippen LogP contribution in [-0.2, 0) is 0 Å². The topological polar surface area (TPSA) is 88.6 Å². The average Bonchev–Trinajstić information content (AvgIpc) is 3.00. The zero-order valence-electron chi connectivity index (χ0n) is 13.3. The number of carbonyl (C=O) groups is 1. The van der Waals surface area contributed by atoms with Crippen molar-refractivity contribution in [1.29, 1.82) is 0 Å². The van der Waals surface area contributed by atoms with Gasteiger partial charge in [0.1, 0.15) is 5.76 Å². The summed E-state index contributed by atoms with van der Waals surface area (Å²) in [6, 6.07) is 7.89. The monoisotopic (exact) mass is 317 g/mol. The molecule has 0 aliphatic rings. The van der Waals surface area contributed by atoms with Gasteiger partial charge in [-0.1, -0.05) is 0 Å². The molecule has 7 heteroatoms. The zero-order valence-corrected chi connectivity index (χ0v) is 13.3. The van der Waals surface area contributed by atoms with Gasteiger partial charge in [-0.25, -0.2) is 0 Å². The Labute approximate surface area is 134 Å².